The van der Waals surface area contributed by atoms with Gasteiger partial charge in [-0.15, -0.1) is 0 Å². The van der Waals surface area contributed by atoms with Crippen LogP contribution in [0.15, 0.2) is 51.9 Å². The van der Waals surface area contributed by atoms with Gasteiger partial charge in [-0.1, -0.05) is 35.5 Å². The standard InChI is InChI=1S/C23H25N3O5S/c1-15-8-9-18(10-11-21-23(25-17(3)27)16(2)26-31-21)13-22(15)32(28,29)24-14-19-6-5-7-20(12-19)30-4/h5-13,24H,14H2,1-4H3,(H,25,27). The fourth-order valence-corrected chi connectivity index (χ4v) is 4.34. The molecule has 2 aromatic carbocycles. The van der Waals surface area contributed by atoms with E-state index >= 15 is 0 Å². The van der Waals surface area contributed by atoms with Crippen molar-refractivity contribution in [3.63, 3.8) is 0 Å². The van der Waals surface area contributed by atoms with Crippen molar-refractivity contribution in [3.8, 4) is 5.75 Å². The number of nitrogens with zero attached hydrogens (tertiary/aromatic N) is 1. The summed E-state index contributed by atoms with van der Waals surface area (Å²) in [5.41, 5.74) is 3.09. The number of carbonyl (C=O) groups is 1. The van der Waals surface area contributed by atoms with Crippen molar-refractivity contribution in [3.05, 3.63) is 70.6 Å². The molecule has 0 aliphatic carbocycles. The summed E-state index contributed by atoms with van der Waals surface area (Å²) in [4.78, 5) is 11.6. The number of benzene rings is 2. The molecule has 0 saturated heterocycles. The molecule has 0 aliphatic heterocycles. The molecule has 1 amide bonds. The van der Waals surface area contributed by atoms with Crippen molar-refractivity contribution in [2.45, 2.75) is 32.2 Å². The first-order valence-corrected chi connectivity index (χ1v) is 11.3. The average Bonchev–Trinajstić information content (AvgIpc) is 3.10. The minimum Gasteiger partial charge on any atom is -0.497 e. The summed E-state index contributed by atoms with van der Waals surface area (Å²) >= 11 is 0. The third-order valence-corrected chi connectivity index (χ3v) is 6.26. The number of amides is 1. The number of anilines is 1. The lowest BCUT2D eigenvalue weighted by molar-refractivity contribution is -0.114. The highest BCUT2D eigenvalue weighted by atomic mass is 32.2. The van der Waals surface area contributed by atoms with Crippen LogP contribution in [0.2, 0.25) is 0 Å². The predicted molar refractivity (Wildman–Crippen MR) is 123 cm³/mol. The van der Waals surface area contributed by atoms with Crippen LogP contribution in [0.4, 0.5) is 5.69 Å². The number of aromatic nitrogens is 1. The Hall–Kier alpha value is -3.43. The molecule has 3 aromatic rings. The van der Waals surface area contributed by atoms with Crippen LogP contribution < -0.4 is 14.8 Å². The molecule has 2 N–H and O–H groups in total. The number of aryl methyl sites for hydroxylation is 2. The average molecular weight is 456 g/mol. The summed E-state index contributed by atoms with van der Waals surface area (Å²) in [6.45, 7) is 4.99. The van der Waals surface area contributed by atoms with Crippen molar-refractivity contribution in [1.29, 1.82) is 0 Å². The van der Waals surface area contributed by atoms with Gasteiger partial charge in [0, 0.05) is 13.5 Å². The van der Waals surface area contributed by atoms with Gasteiger partial charge in [-0.25, -0.2) is 13.1 Å². The van der Waals surface area contributed by atoms with Crippen LogP contribution >= 0.6 is 0 Å². The van der Waals surface area contributed by atoms with Crippen molar-refractivity contribution in [2.75, 3.05) is 12.4 Å². The highest BCUT2D eigenvalue weighted by Crippen LogP contribution is 2.24. The number of carbonyl (C=O) groups excluding carboxylic acids is 1. The number of hydrogen-bond donors (Lipinski definition) is 2. The van der Waals surface area contributed by atoms with Gasteiger partial charge < -0.3 is 14.6 Å². The maximum Gasteiger partial charge on any atom is 0.241 e. The summed E-state index contributed by atoms with van der Waals surface area (Å²) in [5, 5.41) is 6.54. The monoisotopic (exact) mass is 455 g/mol. The molecular formula is C23H25N3O5S. The zero-order valence-corrected chi connectivity index (χ0v) is 19.1. The molecule has 1 heterocycles. The first kappa shape index (κ1) is 23.2. The van der Waals surface area contributed by atoms with Gasteiger partial charge >= 0.3 is 0 Å². The van der Waals surface area contributed by atoms with Crippen LogP contribution in [0.25, 0.3) is 12.2 Å². The highest BCUT2D eigenvalue weighted by Gasteiger charge is 2.17. The van der Waals surface area contributed by atoms with Crippen molar-refractivity contribution >= 4 is 33.8 Å². The maximum absolute atomic E-state index is 12.9. The minimum atomic E-state index is -3.75. The summed E-state index contributed by atoms with van der Waals surface area (Å²) in [7, 11) is -2.19. The zero-order chi connectivity index (χ0) is 23.3. The van der Waals surface area contributed by atoms with Gasteiger partial charge in [-0.05, 0) is 54.8 Å². The topological polar surface area (TPSA) is 111 Å². The smallest absolute Gasteiger partial charge is 0.241 e. The SMILES string of the molecule is COc1cccc(CNS(=O)(=O)c2cc(C=Cc3onc(C)c3NC(C)=O)ccc2C)c1. The molecule has 0 saturated carbocycles. The van der Waals surface area contributed by atoms with E-state index in [1.807, 2.05) is 6.07 Å². The van der Waals surface area contributed by atoms with Crippen LogP contribution in [0.5, 0.6) is 5.75 Å². The first-order chi connectivity index (χ1) is 15.2. The molecule has 3 rings (SSSR count). The number of ether oxygens (including phenoxy) is 1. The highest BCUT2D eigenvalue weighted by molar-refractivity contribution is 7.89. The lowest BCUT2D eigenvalue weighted by atomic mass is 10.1. The Morgan fingerprint density at radius 1 is 1.16 bits per heavy atom. The maximum atomic E-state index is 12.9. The number of hydrogen-bond acceptors (Lipinski definition) is 6. The van der Waals surface area contributed by atoms with Crippen LogP contribution in [0.1, 0.15) is 35.1 Å². The lowest BCUT2D eigenvalue weighted by Gasteiger charge is -2.11. The second kappa shape index (κ2) is 9.80. The Bertz CT molecular complexity index is 1260. The third kappa shape index (κ3) is 5.63. The number of rotatable bonds is 8. The van der Waals surface area contributed by atoms with Crippen molar-refractivity contribution in [2.24, 2.45) is 0 Å². The van der Waals surface area contributed by atoms with E-state index in [2.05, 4.69) is 15.2 Å². The zero-order valence-electron chi connectivity index (χ0n) is 18.3. The molecule has 9 heteroatoms. The number of sulfonamides is 1. The fraction of sp³-hybridized carbons (Fsp3) is 0.217. The van der Waals surface area contributed by atoms with Gasteiger partial charge in [-0.2, -0.15) is 0 Å². The molecule has 0 fully saturated rings. The van der Waals surface area contributed by atoms with Gasteiger partial charge in [0.1, 0.15) is 17.1 Å². The molecule has 0 aliphatic rings. The van der Waals surface area contributed by atoms with Gasteiger partial charge in [0.25, 0.3) is 0 Å². The molecule has 0 spiro atoms. The Labute approximate surface area is 187 Å². The number of nitrogens with one attached hydrogen (secondary N) is 2. The van der Waals surface area contributed by atoms with Gasteiger partial charge in [-0.3, -0.25) is 4.79 Å². The predicted octanol–water partition coefficient (Wildman–Crippen LogP) is 3.91. The second-order valence-electron chi connectivity index (χ2n) is 7.22. The fourth-order valence-electron chi connectivity index (χ4n) is 3.05. The second-order valence-corrected chi connectivity index (χ2v) is 8.96. The van der Waals surface area contributed by atoms with E-state index in [1.165, 1.54) is 6.92 Å². The number of methoxy groups -OCH3 is 1. The normalized spacial score (nSPS) is 11.6. The molecule has 1 aromatic heterocycles. The Kier molecular flexibility index (Phi) is 7.12. The summed E-state index contributed by atoms with van der Waals surface area (Å²) in [5.74, 6) is 0.793. The van der Waals surface area contributed by atoms with E-state index in [1.54, 1.807) is 69.5 Å². The van der Waals surface area contributed by atoms with Crippen molar-refractivity contribution < 1.29 is 22.5 Å². The quantitative estimate of drug-likeness (QED) is 0.533. The third-order valence-electron chi connectivity index (χ3n) is 4.72. The van der Waals surface area contributed by atoms with Gasteiger partial charge in [0.2, 0.25) is 15.9 Å². The molecule has 168 valence electrons. The Morgan fingerprint density at radius 3 is 2.66 bits per heavy atom. The largest absolute Gasteiger partial charge is 0.497 e. The molecule has 0 radical (unpaired) electrons. The van der Waals surface area contributed by atoms with Crippen LogP contribution in [0, 0.1) is 13.8 Å². The van der Waals surface area contributed by atoms with Gasteiger partial charge in [0.15, 0.2) is 5.76 Å². The molecule has 8 nitrogen and oxygen atoms in total. The molecule has 32 heavy (non-hydrogen) atoms. The molecule has 0 atom stereocenters. The molecule has 0 unspecified atom stereocenters. The van der Waals surface area contributed by atoms with Gasteiger partial charge in [0.05, 0.1) is 12.0 Å². The van der Waals surface area contributed by atoms with E-state index in [4.69, 9.17) is 9.26 Å². The van der Waals surface area contributed by atoms with Crippen LogP contribution in [-0.4, -0.2) is 26.6 Å². The molecule has 0 bridgehead atoms. The van der Waals surface area contributed by atoms with E-state index in [0.29, 0.717) is 34.0 Å². The Morgan fingerprint density at radius 2 is 1.94 bits per heavy atom. The minimum absolute atomic E-state index is 0.135. The van der Waals surface area contributed by atoms with E-state index in [0.717, 1.165) is 5.56 Å². The lowest BCUT2D eigenvalue weighted by Crippen LogP contribution is -2.24. The first-order valence-electron chi connectivity index (χ1n) is 9.85. The van der Waals surface area contributed by atoms with E-state index < -0.39 is 10.0 Å². The van der Waals surface area contributed by atoms with E-state index in [-0.39, 0.29) is 17.3 Å². The van der Waals surface area contributed by atoms with Crippen LogP contribution in [0.3, 0.4) is 0 Å². The summed E-state index contributed by atoms with van der Waals surface area (Å²) < 4.78 is 39.0. The van der Waals surface area contributed by atoms with Crippen molar-refractivity contribution in [1.82, 2.24) is 9.88 Å². The van der Waals surface area contributed by atoms with E-state index in [9.17, 15) is 13.2 Å². The summed E-state index contributed by atoms with van der Waals surface area (Å²) in [6.07, 6.45) is 3.34. The van der Waals surface area contributed by atoms with Crippen LogP contribution in [-0.2, 0) is 21.4 Å². The molecular weight excluding hydrogens is 430 g/mol. The Balaban J connectivity index is 1.82. The summed E-state index contributed by atoms with van der Waals surface area (Å²) in [6, 6.07) is 12.3.